The van der Waals surface area contributed by atoms with Gasteiger partial charge in [0, 0.05) is 44.2 Å². The first-order valence-electron chi connectivity index (χ1n) is 11.4. The third-order valence-corrected chi connectivity index (χ3v) is 5.27. The number of carbonyl (C=O) groups is 2. The molecule has 2 aromatic rings. The second-order valence-corrected chi connectivity index (χ2v) is 8.92. The SMILES string of the molecule is CCN(Cc1cc(C(F)(F)F)ccc1-c1cc(CC=O)ccc1OC)C(=O)C(C)(C)C.CCOC. The standard InChI is InChI=1S/C24H28F3NO3.C3H8O/c1-6-28(22(30)23(2,3)4)15-17-14-18(24(25,26)27)8-9-19(17)20-13-16(11-12-29)7-10-21(20)31-5;1-3-4-2/h7-10,12-14H,6,11,15H2,1-5H3;3H2,1-2H3. The van der Waals surface area contributed by atoms with Crippen molar-refractivity contribution in [2.75, 3.05) is 27.4 Å². The number of benzene rings is 2. The van der Waals surface area contributed by atoms with Crippen LogP contribution in [0.1, 0.15) is 51.3 Å². The van der Waals surface area contributed by atoms with Crippen LogP contribution in [0.3, 0.4) is 0 Å². The van der Waals surface area contributed by atoms with Gasteiger partial charge in [-0.25, -0.2) is 0 Å². The van der Waals surface area contributed by atoms with Crippen molar-refractivity contribution in [3.63, 3.8) is 0 Å². The van der Waals surface area contributed by atoms with Gasteiger partial charge in [-0.05, 0) is 54.8 Å². The summed E-state index contributed by atoms with van der Waals surface area (Å²) in [6.45, 7) is 10.3. The van der Waals surface area contributed by atoms with Crippen molar-refractivity contribution < 1.29 is 32.2 Å². The first kappa shape index (κ1) is 30.2. The molecule has 0 atom stereocenters. The van der Waals surface area contributed by atoms with Crippen molar-refractivity contribution >= 4 is 12.2 Å². The van der Waals surface area contributed by atoms with E-state index in [1.54, 1.807) is 57.9 Å². The zero-order valence-electron chi connectivity index (χ0n) is 21.6. The maximum Gasteiger partial charge on any atom is 0.416 e. The van der Waals surface area contributed by atoms with Gasteiger partial charge in [0.15, 0.2) is 0 Å². The largest absolute Gasteiger partial charge is 0.496 e. The zero-order valence-corrected chi connectivity index (χ0v) is 21.6. The minimum Gasteiger partial charge on any atom is -0.496 e. The minimum atomic E-state index is -4.51. The highest BCUT2D eigenvalue weighted by Crippen LogP contribution is 2.38. The summed E-state index contributed by atoms with van der Waals surface area (Å²) in [6, 6.07) is 8.67. The molecule has 5 nitrogen and oxygen atoms in total. The molecule has 0 radical (unpaired) electrons. The van der Waals surface area contributed by atoms with E-state index in [9.17, 15) is 22.8 Å². The van der Waals surface area contributed by atoms with Crippen molar-refractivity contribution in [1.29, 1.82) is 0 Å². The van der Waals surface area contributed by atoms with Crippen molar-refractivity contribution in [3.8, 4) is 16.9 Å². The van der Waals surface area contributed by atoms with Gasteiger partial charge in [0.25, 0.3) is 0 Å². The molecule has 0 aliphatic heterocycles. The summed E-state index contributed by atoms with van der Waals surface area (Å²) in [5.41, 5.74) is 0.723. The molecule has 2 aromatic carbocycles. The lowest BCUT2D eigenvalue weighted by Gasteiger charge is -2.29. The van der Waals surface area contributed by atoms with Gasteiger partial charge in [0.2, 0.25) is 5.91 Å². The number of amides is 1. The monoisotopic (exact) mass is 495 g/mol. The van der Waals surface area contributed by atoms with Crippen molar-refractivity contribution in [2.45, 2.75) is 53.8 Å². The Hall–Kier alpha value is -2.87. The van der Waals surface area contributed by atoms with E-state index in [2.05, 4.69) is 4.74 Å². The van der Waals surface area contributed by atoms with E-state index in [0.717, 1.165) is 30.6 Å². The molecule has 0 N–H and O–H groups in total. The quantitative estimate of drug-likeness (QED) is 0.411. The fourth-order valence-electron chi connectivity index (χ4n) is 3.36. The lowest BCUT2D eigenvalue weighted by molar-refractivity contribution is -0.139. The summed E-state index contributed by atoms with van der Waals surface area (Å²) >= 11 is 0. The number of rotatable bonds is 8. The van der Waals surface area contributed by atoms with Crippen LogP contribution in [0.25, 0.3) is 11.1 Å². The molecule has 0 spiro atoms. The summed E-state index contributed by atoms with van der Waals surface area (Å²) in [5.74, 6) is 0.320. The third-order valence-electron chi connectivity index (χ3n) is 5.27. The summed E-state index contributed by atoms with van der Waals surface area (Å²) < 4.78 is 50.3. The smallest absolute Gasteiger partial charge is 0.416 e. The van der Waals surface area contributed by atoms with E-state index < -0.39 is 17.2 Å². The zero-order chi connectivity index (χ0) is 26.8. The van der Waals surface area contributed by atoms with Crippen LogP contribution < -0.4 is 4.74 Å². The van der Waals surface area contributed by atoms with Crippen molar-refractivity contribution in [2.24, 2.45) is 5.41 Å². The molecule has 0 saturated heterocycles. The van der Waals surface area contributed by atoms with Gasteiger partial charge in [0.1, 0.15) is 12.0 Å². The molecular formula is C27H36F3NO4. The topological polar surface area (TPSA) is 55.8 Å². The van der Waals surface area contributed by atoms with Crippen LogP contribution >= 0.6 is 0 Å². The number of aldehydes is 1. The molecular weight excluding hydrogens is 459 g/mol. The molecule has 8 heteroatoms. The van der Waals surface area contributed by atoms with Gasteiger partial charge in [-0.3, -0.25) is 4.79 Å². The number of hydrogen-bond donors (Lipinski definition) is 0. The number of carbonyl (C=O) groups excluding carboxylic acids is 2. The average molecular weight is 496 g/mol. The lowest BCUT2D eigenvalue weighted by atomic mass is 9.92. The highest BCUT2D eigenvalue weighted by molar-refractivity contribution is 5.82. The van der Waals surface area contributed by atoms with E-state index in [4.69, 9.17) is 4.74 Å². The Morgan fingerprint density at radius 1 is 1.00 bits per heavy atom. The molecule has 0 bridgehead atoms. The molecule has 194 valence electrons. The van der Waals surface area contributed by atoms with E-state index in [-0.39, 0.29) is 18.9 Å². The van der Waals surface area contributed by atoms with Crippen LogP contribution in [-0.2, 0) is 33.5 Å². The predicted octanol–water partition coefficient (Wildman–Crippen LogP) is 6.17. The van der Waals surface area contributed by atoms with Gasteiger partial charge in [0.05, 0.1) is 12.7 Å². The molecule has 0 fully saturated rings. The second kappa shape index (κ2) is 13.3. The van der Waals surface area contributed by atoms with Crippen LogP contribution in [-0.4, -0.2) is 44.5 Å². The van der Waals surface area contributed by atoms with E-state index in [1.807, 2.05) is 6.92 Å². The maximum absolute atomic E-state index is 13.4. The fourth-order valence-corrected chi connectivity index (χ4v) is 3.36. The third kappa shape index (κ3) is 8.69. The summed E-state index contributed by atoms with van der Waals surface area (Å²) in [4.78, 5) is 25.3. The van der Waals surface area contributed by atoms with Gasteiger partial charge in [-0.2, -0.15) is 13.2 Å². The molecule has 0 saturated carbocycles. The molecule has 0 aromatic heterocycles. The average Bonchev–Trinajstić information content (AvgIpc) is 2.81. The summed E-state index contributed by atoms with van der Waals surface area (Å²) in [5, 5.41) is 0. The van der Waals surface area contributed by atoms with Crippen LogP contribution in [0.4, 0.5) is 13.2 Å². The van der Waals surface area contributed by atoms with Crippen LogP contribution in [0.2, 0.25) is 0 Å². The highest BCUT2D eigenvalue weighted by atomic mass is 19.4. The summed E-state index contributed by atoms with van der Waals surface area (Å²) in [6.07, 6.45) is -3.57. The first-order chi connectivity index (χ1) is 16.3. The van der Waals surface area contributed by atoms with Crippen LogP contribution in [0, 0.1) is 5.41 Å². The Labute approximate surface area is 206 Å². The van der Waals surface area contributed by atoms with E-state index in [1.165, 1.54) is 13.2 Å². The lowest BCUT2D eigenvalue weighted by Crippen LogP contribution is -2.39. The number of halogens is 3. The number of hydrogen-bond acceptors (Lipinski definition) is 4. The Morgan fingerprint density at radius 2 is 1.63 bits per heavy atom. The number of alkyl halides is 3. The predicted molar refractivity (Wildman–Crippen MR) is 131 cm³/mol. The minimum absolute atomic E-state index is 0.0208. The molecule has 2 rings (SSSR count). The Kier molecular flexibility index (Phi) is 11.4. The molecule has 0 unspecified atom stereocenters. The molecule has 1 amide bonds. The van der Waals surface area contributed by atoms with E-state index in [0.29, 0.717) is 29.0 Å². The highest BCUT2D eigenvalue weighted by Gasteiger charge is 2.32. The number of ether oxygens (including phenoxy) is 2. The number of nitrogens with zero attached hydrogens (tertiary/aromatic N) is 1. The molecule has 0 aliphatic rings. The van der Waals surface area contributed by atoms with Gasteiger partial charge < -0.3 is 19.2 Å². The fraction of sp³-hybridized carbons (Fsp3) is 0.481. The molecule has 0 heterocycles. The number of methoxy groups -OCH3 is 2. The Balaban J connectivity index is 0.00000142. The Bertz CT molecular complexity index is 979. The van der Waals surface area contributed by atoms with Gasteiger partial charge in [-0.1, -0.05) is 32.9 Å². The maximum atomic E-state index is 13.4. The van der Waals surface area contributed by atoms with Crippen LogP contribution in [0.5, 0.6) is 5.75 Å². The van der Waals surface area contributed by atoms with Gasteiger partial charge in [-0.15, -0.1) is 0 Å². The molecule has 35 heavy (non-hydrogen) atoms. The second-order valence-electron chi connectivity index (χ2n) is 8.92. The van der Waals surface area contributed by atoms with Crippen LogP contribution in [0.15, 0.2) is 36.4 Å². The van der Waals surface area contributed by atoms with Gasteiger partial charge >= 0.3 is 6.18 Å². The normalized spacial score (nSPS) is 11.4. The van der Waals surface area contributed by atoms with Crippen molar-refractivity contribution in [3.05, 3.63) is 53.1 Å². The summed E-state index contributed by atoms with van der Waals surface area (Å²) in [7, 11) is 3.16. The van der Waals surface area contributed by atoms with Crippen molar-refractivity contribution in [1.82, 2.24) is 4.90 Å². The Morgan fingerprint density at radius 3 is 2.09 bits per heavy atom. The molecule has 0 aliphatic carbocycles. The first-order valence-corrected chi connectivity index (χ1v) is 11.4. The van der Waals surface area contributed by atoms with E-state index >= 15 is 0 Å².